The van der Waals surface area contributed by atoms with E-state index in [9.17, 15) is 14.4 Å². The number of rotatable bonds is 4. The summed E-state index contributed by atoms with van der Waals surface area (Å²) in [5.41, 5.74) is 1.21. The number of carbonyl (C=O) groups is 3. The SMILES string of the molecule is CC(NC(=O)CN1C(=O)c2cc(Cl)c(Cl)cc2C1=O)c1ccc(Br)cc1. The lowest BCUT2D eigenvalue weighted by atomic mass is 10.1. The van der Waals surface area contributed by atoms with Crippen LogP contribution in [0.1, 0.15) is 39.2 Å². The molecule has 1 atom stereocenters. The average molecular weight is 456 g/mol. The molecule has 2 aromatic carbocycles. The summed E-state index contributed by atoms with van der Waals surface area (Å²) in [6, 6.07) is 9.92. The number of nitrogens with one attached hydrogen (secondary N) is 1. The second kappa shape index (κ2) is 7.39. The summed E-state index contributed by atoms with van der Waals surface area (Å²) in [6.45, 7) is 1.45. The van der Waals surface area contributed by atoms with E-state index in [0.29, 0.717) is 0 Å². The van der Waals surface area contributed by atoms with E-state index in [1.54, 1.807) is 0 Å². The average Bonchev–Trinajstić information content (AvgIpc) is 2.80. The lowest BCUT2D eigenvalue weighted by molar-refractivity contribution is -0.122. The van der Waals surface area contributed by atoms with E-state index in [1.165, 1.54) is 12.1 Å². The summed E-state index contributed by atoms with van der Waals surface area (Å²) >= 11 is 15.2. The van der Waals surface area contributed by atoms with E-state index in [0.717, 1.165) is 14.9 Å². The number of nitrogens with zero attached hydrogens (tertiary/aromatic N) is 1. The maximum Gasteiger partial charge on any atom is 0.262 e. The lowest BCUT2D eigenvalue weighted by Crippen LogP contribution is -2.41. The Morgan fingerprint density at radius 3 is 2.08 bits per heavy atom. The third kappa shape index (κ3) is 3.63. The van der Waals surface area contributed by atoms with Gasteiger partial charge < -0.3 is 5.32 Å². The van der Waals surface area contributed by atoms with Gasteiger partial charge in [0.25, 0.3) is 11.8 Å². The molecule has 1 unspecified atom stereocenters. The summed E-state index contributed by atoms with van der Waals surface area (Å²) in [7, 11) is 0. The monoisotopic (exact) mass is 454 g/mol. The molecule has 0 radical (unpaired) electrons. The molecule has 1 heterocycles. The highest BCUT2D eigenvalue weighted by molar-refractivity contribution is 9.10. The Bertz CT molecular complexity index is 874. The van der Waals surface area contributed by atoms with Gasteiger partial charge >= 0.3 is 0 Å². The first-order valence-corrected chi connectivity index (χ1v) is 9.23. The van der Waals surface area contributed by atoms with Gasteiger partial charge in [-0.2, -0.15) is 0 Å². The van der Waals surface area contributed by atoms with Gasteiger partial charge in [-0.05, 0) is 36.8 Å². The van der Waals surface area contributed by atoms with Gasteiger partial charge in [0.1, 0.15) is 6.54 Å². The molecule has 3 amide bonds. The molecule has 0 saturated heterocycles. The summed E-state index contributed by atoms with van der Waals surface area (Å²) in [5, 5.41) is 3.15. The zero-order valence-corrected chi connectivity index (χ0v) is 16.7. The van der Waals surface area contributed by atoms with Gasteiger partial charge in [-0.15, -0.1) is 0 Å². The maximum absolute atomic E-state index is 12.4. The summed E-state index contributed by atoms with van der Waals surface area (Å²) in [5.74, 6) is -1.56. The molecule has 0 bridgehead atoms. The van der Waals surface area contributed by atoms with Crippen LogP contribution in [0.25, 0.3) is 0 Å². The Labute approximate surface area is 168 Å². The molecule has 0 spiro atoms. The number of amides is 3. The highest BCUT2D eigenvalue weighted by Crippen LogP contribution is 2.31. The second-order valence-electron chi connectivity index (χ2n) is 5.85. The van der Waals surface area contributed by atoms with Gasteiger partial charge in [-0.1, -0.05) is 51.3 Å². The van der Waals surface area contributed by atoms with Crippen LogP contribution in [-0.2, 0) is 4.79 Å². The van der Waals surface area contributed by atoms with Crippen LogP contribution in [-0.4, -0.2) is 29.2 Å². The standard InChI is InChI=1S/C18H13BrCl2N2O3/c1-9(10-2-4-11(19)5-3-10)22-16(24)8-23-17(25)12-6-14(20)15(21)7-13(12)18(23)26/h2-7,9H,8H2,1H3,(H,22,24). The molecule has 1 aliphatic heterocycles. The minimum atomic E-state index is -0.560. The topological polar surface area (TPSA) is 66.5 Å². The van der Waals surface area contributed by atoms with E-state index in [2.05, 4.69) is 21.2 Å². The Kier molecular flexibility index (Phi) is 5.37. The molecule has 8 heteroatoms. The highest BCUT2D eigenvalue weighted by Gasteiger charge is 2.37. The van der Waals surface area contributed by atoms with Gasteiger partial charge in [0, 0.05) is 4.47 Å². The van der Waals surface area contributed by atoms with Crippen molar-refractivity contribution in [2.75, 3.05) is 6.54 Å². The zero-order chi connectivity index (χ0) is 19.0. The predicted molar refractivity (Wildman–Crippen MR) is 103 cm³/mol. The normalized spacial score (nSPS) is 14.4. The molecule has 134 valence electrons. The molecule has 26 heavy (non-hydrogen) atoms. The van der Waals surface area contributed by atoms with Gasteiger partial charge in [0.15, 0.2) is 0 Å². The van der Waals surface area contributed by atoms with Crippen LogP contribution >= 0.6 is 39.1 Å². The third-order valence-corrected chi connectivity index (χ3v) is 5.31. The first-order chi connectivity index (χ1) is 12.3. The Balaban J connectivity index is 1.71. The van der Waals surface area contributed by atoms with E-state index < -0.39 is 17.7 Å². The fourth-order valence-corrected chi connectivity index (χ4v) is 3.28. The molecular formula is C18H13BrCl2N2O3. The fraction of sp³-hybridized carbons (Fsp3) is 0.167. The molecule has 3 rings (SSSR count). The predicted octanol–water partition coefficient (Wildman–Crippen LogP) is 4.23. The van der Waals surface area contributed by atoms with Crippen LogP contribution in [0.4, 0.5) is 0 Å². The van der Waals surface area contributed by atoms with Crippen molar-refractivity contribution in [2.45, 2.75) is 13.0 Å². The number of halogens is 3. The highest BCUT2D eigenvalue weighted by atomic mass is 79.9. The maximum atomic E-state index is 12.4. The molecule has 0 saturated carbocycles. The van der Waals surface area contributed by atoms with Crippen molar-refractivity contribution in [1.29, 1.82) is 0 Å². The van der Waals surface area contributed by atoms with Gasteiger partial charge in [-0.25, -0.2) is 0 Å². The number of benzene rings is 2. The second-order valence-corrected chi connectivity index (χ2v) is 7.58. The van der Waals surface area contributed by atoms with E-state index in [4.69, 9.17) is 23.2 Å². The van der Waals surface area contributed by atoms with Crippen LogP contribution in [0.3, 0.4) is 0 Å². The van der Waals surface area contributed by atoms with Crippen LogP contribution in [0.2, 0.25) is 10.0 Å². The molecule has 5 nitrogen and oxygen atoms in total. The fourth-order valence-electron chi connectivity index (χ4n) is 2.69. The number of fused-ring (bicyclic) bond motifs is 1. The van der Waals surface area contributed by atoms with Crippen molar-refractivity contribution in [1.82, 2.24) is 10.2 Å². The summed E-state index contributed by atoms with van der Waals surface area (Å²) in [6.07, 6.45) is 0. The Hall–Kier alpha value is -1.89. The molecule has 1 aliphatic rings. The molecule has 2 aromatic rings. The minimum Gasteiger partial charge on any atom is -0.348 e. The van der Waals surface area contributed by atoms with Gasteiger partial charge in [-0.3, -0.25) is 19.3 Å². The van der Waals surface area contributed by atoms with Crippen molar-refractivity contribution in [3.63, 3.8) is 0 Å². The summed E-state index contributed by atoms with van der Waals surface area (Å²) < 4.78 is 0.933. The van der Waals surface area contributed by atoms with Crippen molar-refractivity contribution >= 4 is 56.9 Å². The van der Waals surface area contributed by atoms with E-state index in [1.807, 2.05) is 31.2 Å². The number of hydrogen-bond acceptors (Lipinski definition) is 3. The summed E-state index contributed by atoms with van der Waals surface area (Å²) in [4.78, 5) is 38.0. The largest absolute Gasteiger partial charge is 0.348 e. The Morgan fingerprint density at radius 1 is 1.08 bits per heavy atom. The van der Waals surface area contributed by atoms with Gasteiger partial charge in [0.2, 0.25) is 5.91 Å². The number of hydrogen-bond donors (Lipinski definition) is 1. The third-order valence-electron chi connectivity index (χ3n) is 4.06. The zero-order valence-electron chi connectivity index (χ0n) is 13.6. The first-order valence-electron chi connectivity index (χ1n) is 7.68. The Morgan fingerprint density at radius 2 is 1.58 bits per heavy atom. The smallest absolute Gasteiger partial charge is 0.262 e. The van der Waals surface area contributed by atoms with Crippen LogP contribution in [0, 0.1) is 0 Å². The minimum absolute atomic E-state index is 0.151. The van der Waals surface area contributed by atoms with E-state index in [-0.39, 0.29) is 33.8 Å². The van der Waals surface area contributed by atoms with Gasteiger partial charge in [0.05, 0.1) is 27.2 Å². The lowest BCUT2D eigenvalue weighted by Gasteiger charge is -2.18. The first kappa shape index (κ1) is 18.9. The number of carbonyl (C=O) groups excluding carboxylic acids is 3. The van der Waals surface area contributed by atoms with E-state index >= 15 is 0 Å². The van der Waals surface area contributed by atoms with Crippen molar-refractivity contribution < 1.29 is 14.4 Å². The molecule has 0 aliphatic carbocycles. The van der Waals surface area contributed by atoms with Crippen LogP contribution in [0.5, 0.6) is 0 Å². The molecular weight excluding hydrogens is 443 g/mol. The van der Waals surface area contributed by atoms with Crippen LogP contribution < -0.4 is 5.32 Å². The molecule has 1 N–H and O–H groups in total. The van der Waals surface area contributed by atoms with Crippen molar-refractivity contribution in [3.8, 4) is 0 Å². The molecule has 0 fully saturated rings. The molecule has 0 aromatic heterocycles. The van der Waals surface area contributed by atoms with Crippen molar-refractivity contribution in [2.24, 2.45) is 0 Å². The quantitative estimate of drug-likeness (QED) is 0.701. The van der Waals surface area contributed by atoms with Crippen molar-refractivity contribution in [3.05, 3.63) is 67.6 Å². The van der Waals surface area contributed by atoms with Crippen LogP contribution in [0.15, 0.2) is 40.9 Å². The number of imide groups is 1.